The van der Waals surface area contributed by atoms with Crippen molar-refractivity contribution >= 4 is 0 Å². The molecule has 0 spiro atoms. The van der Waals surface area contributed by atoms with Crippen molar-refractivity contribution in [1.29, 1.82) is 0 Å². The van der Waals surface area contributed by atoms with Crippen LogP contribution in [0.3, 0.4) is 0 Å². The van der Waals surface area contributed by atoms with Crippen molar-refractivity contribution in [2.24, 2.45) is 0 Å². The van der Waals surface area contributed by atoms with E-state index in [2.05, 4.69) is 6.58 Å². The average Bonchev–Trinajstić information content (AvgIpc) is 2.01. The highest BCUT2D eigenvalue weighted by Crippen LogP contribution is 2.15. The molecule has 0 heterocycles. The highest BCUT2D eigenvalue weighted by Gasteiger charge is 2.04. The minimum atomic E-state index is -0.130. The molecule has 0 aromatic heterocycles. The van der Waals surface area contributed by atoms with Crippen LogP contribution in [0, 0.1) is 0 Å². The Kier molecular flexibility index (Phi) is 5.31. The third-order valence-electron chi connectivity index (χ3n) is 1.80. The maximum absolute atomic E-state index is 12.9. The molecule has 0 aromatic carbocycles. The van der Waals surface area contributed by atoms with E-state index in [-0.39, 0.29) is 5.83 Å². The molecule has 0 unspecified atom stereocenters. The molecule has 1 nitrogen and oxygen atoms in total. The fourth-order valence-corrected chi connectivity index (χ4v) is 1.00. The van der Waals surface area contributed by atoms with Gasteiger partial charge in [0.2, 0.25) is 0 Å². The molecule has 0 aliphatic rings. The summed E-state index contributed by atoms with van der Waals surface area (Å²) >= 11 is 0. The van der Waals surface area contributed by atoms with E-state index in [4.69, 9.17) is 0 Å². The topological polar surface area (TPSA) is 3.24 Å². The van der Waals surface area contributed by atoms with Gasteiger partial charge in [-0.15, -0.1) is 0 Å². The Labute approximate surface area is 80.2 Å². The molecule has 74 valence electrons. The number of rotatable bonds is 4. The largest absolute Gasteiger partial charge is 0.305 e. The standard InChI is InChI=1S/C11H18FN/c1-6-7-11(8-13(4)5)9(2)10(3)12/h6-7H,1,8H2,2-5H3/b10-9+,11-7-. The molecule has 0 amide bonds. The Hall–Kier alpha value is -0.890. The van der Waals surface area contributed by atoms with Crippen LogP contribution in [0.5, 0.6) is 0 Å². The molecule has 0 radical (unpaired) electrons. The van der Waals surface area contributed by atoms with Crippen LogP contribution < -0.4 is 0 Å². The third kappa shape index (κ3) is 4.63. The maximum Gasteiger partial charge on any atom is 0.100 e. The van der Waals surface area contributed by atoms with Gasteiger partial charge in [0.1, 0.15) is 5.83 Å². The van der Waals surface area contributed by atoms with Gasteiger partial charge in [0.15, 0.2) is 0 Å². The van der Waals surface area contributed by atoms with Gasteiger partial charge in [-0.2, -0.15) is 0 Å². The number of allylic oxidation sites excluding steroid dienone is 3. The van der Waals surface area contributed by atoms with Gasteiger partial charge in [0.05, 0.1) is 0 Å². The van der Waals surface area contributed by atoms with Crippen molar-refractivity contribution in [1.82, 2.24) is 4.90 Å². The second-order valence-corrected chi connectivity index (χ2v) is 3.32. The van der Waals surface area contributed by atoms with E-state index in [1.165, 1.54) is 6.92 Å². The zero-order chi connectivity index (χ0) is 10.4. The van der Waals surface area contributed by atoms with Crippen LogP contribution in [0.15, 0.2) is 35.7 Å². The number of hydrogen-bond acceptors (Lipinski definition) is 1. The lowest BCUT2D eigenvalue weighted by molar-refractivity contribution is 0.445. The maximum atomic E-state index is 12.9. The molecular weight excluding hydrogens is 165 g/mol. The van der Waals surface area contributed by atoms with E-state index in [9.17, 15) is 4.39 Å². The van der Waals surface area contributed by atoms with Crippen molar-refractivity contribution in [2.75, 3.05) is 20.6 Å². The molecule has 0 fully saturated rings. The number of likely N-dealkylation sites (N-methyl/N-ethyl adjacent to an activating group) is 1. The summed E-state index contributed by atoms with van der Waals surface area (Å²) in [5.74, 6) is -0.130. The number of hydrogen-bond donors (Lipinski definition) is 0. The summed E-state index contributed by atoms with van der Waals surface area (Å²) in [6.07, 6.45) is 3.53. The van der Waals surface area contributed by atoms with Crippen molar-refractivity contribution in [3.8, 4) is 0 Å². The molecule has 0 N–H and O–H groups in total. The summed E-state index contributed by atoms with van der Waals surface area (Å²) in [4.78, 5) is 2.00. The van der Waals surface area contributed by atoms with Gasteiger partial charge in [-0.05, 0) is 39.1 Å². The first-order valence-corrected chi connectivity index (χ1v) is 4.28. The van der Waals surface area contributed by atoms with Gasteiger partial charge in [-0.25, -0.2) is 4.39 Å². The first kappa shape index (κ1) is 12.1. The predicted octanol–water partition coefficient (Wildman–Crippen LogP) is 2.92. The van der Waals surface area contributed by atoms with Crippen molar-refractivity contribution in [2.45, 2.75) is 13.8 Å². The normalized spacial score (nSPS) is 14.5. The Morgan fingerprint density at radius 1 is 1.38 bits per heavy atom. The predicted molar refractivity (Wildman–Crippen MR) is 56.3 cm³/mol. The monoisotopic (exact) mass is 183 g/mol. The van der Waals surface area contributed by atoms with E-state index in [0.29, 0.717) is 5.57 Å². The Bertz CT molecular complexity index is 232. The molecule has 0 bridgehead atoms. The fraction of sp³-hybridized carbons (Fsp3) is 0.455. The molecule has 2 heteroatoms. The molecule has 0 saturated carbocycles. The molecule has 0 rings (SSSR count). The van der Waals surface area contributed by atoms with E-state index < -0.39 is 0 Å². The van der Waals surface area contributed by atoms with E-state index in [1.807, 2.05) is 25.1 Å². The highest BCUT2D eigenvalue weighted by atomic mass is 19.1. The second-order valence-electron chi connectivity index (χ2n) is 3.32. The van der Waals surface area contributed by atoms with Crippen LogP contribution in [0.25, 0.3) is 0 Å². The van der Waals surface area contributed by atoms with Crippen LogP contribution in [0.1, 0.15) is 13.8 Å². The van der Waals surface area contributed by atoms with E-state index in [0.717, 1.165) is 12.1 Å². The van der Waals surface area contributed by atoms with Crippen molar-refractivity contribution < 1.29 is 4.39 Å². The van der Waals surface area contributed by atoms with Gasteiger partial charge in [0, 0.05) is 6.54 Å². The molecule has 0 aromatic rings. The molecule has 0 aliphatic heterocycles. The van der Waals surface area contributed by atoms with Gasteiger partial charge in [-0.3, -0.25) is 0 Å². The van der Waals surface area contributed by atoms with E-state index >= 15 is 0 Å². The van der Waals surface area contributed by atoms with Crippen LogP contribution in [0.2, 0.25) is 0 Å². The Morgan fingerprint density at radius 2 is 1.92 bits per heavy atom. The highest BCUT2D eigenvalue weighted by molar-refractivity contribution is 5.34. The third-order valence-corrected chi connectivity index (χ3v) is 1.80. The first-order chi connectivity index (χ1) is 5.99. The zero-order valence-corrected chi connectivity index (χ0v) is 8.89. The molecule has 13 heavy (non-hydrogen) atoms. The van der Waals surface area contributed by atoms with Crippen molar-refractivity contribution in [3.05, 3.63) is 35.7 Å². The lowest BCUT2D eigenvalue weighted by Gasteiger charge is -2.13. The summed E-state index contributed by atoms with van der Waals surface area (Å²) in [7, 11) is 3.91. The fourth-order valence-electron chi connectivity index (χ4n) is 1.00. The molecule has 0 atom stereocenters. The minimum Gasteiger partial charge on any atom is -0.305 e. The summed E-state index contributed by atoms with van der Waals surface area (Å²) in [5.41, 5.74) is 1.67. The Balaban J connectivity index is 4.73. The summed E-state index contributed by atoms with van der Waals surface area (Å²) in [6, 6.07) is 0. The number of halogens is 1. The van der Waals surface area contributed by atoms with Gasteiger partial charge < -0.3 is 4.90 Å². The summed E-state index contributed by atoms with van der Waals surface area (Å²) < 4.78 is 12.9. The lowest BCUT2D eigenvalue weighted by Crippen LogP contribution is -2.15. The molecular formula is C11H18FN. The quantitative estimate of drug-likeness (QED) is 0.606. The van der Waals surface area contributed by atoms with Gasteiger partial charge in [-0.1, -0.05) is 18.7 Å². The lowest BCUT2D eigenvalue weighted by atomic mass is 10.1. The molecule has 0 saturated heterocycles. The first-order valence-electron chi connectivity index (χ1n) is 4.28. The van der Waals surface area contributed by atoms with Gasteiger partial charge in [0.25, 0.3) is 0 Å². The number of nitrogens with zero attached hydrogens (tertiary/aromatic N) is 1. The summed E-state index contributed by atoms with van der Waals surface area (Å²) in [5, 5.41) is 0. The van der Waals surface area contributed by atoms with Gasteiger partial charge >= 0.3 is 0 Å². The smallest absolute Gasteiger partial charge is 0.100 e. The van der Waals surface area contributed by atoms with E-state index in [1.54, 1.807) is 13.0 Å². The Morgan fingerprint density at radius 3 is 2.23 bits per heavy atom. The average molecular weight is 183 g/mol. The SMILES string of the molecule is C=C/C=C(CN(C)C)\C(C)=C(/C)F. The molecule has 0 aliphatic carbocycles. The van der Waals surface area contributed by atoms with Crippen LogP contribution >= 0.6 is 0 Å². The zero-order valence-electron chi connectivity index (χ0n) is 8.89. The van der Waals surface area contributed by atoms with Crippen molar-refractivity contribution in [3.63, 3.8) is 0 Å². The van der Waals surface area contributed by atoms with Crippen LogP contribution in [-0.2, 0) is 0 Å². The minimum absolute atomic E-state index is 0.130. The van der Waals surface area contributed by atoms with Crippen LogP contribution in [-0.4, -0.2) is 25.5 Å². The van der Waals surface area contributed by atoms with Crippen LogP contribution in [0.4, 0.5) is 4.39 Å². The summed E-state index contributed by atoms with van der Waals surface area (Å²) in [6.45, 7) is 7.60. The second kappa shape index (κ2) is 5.70.